The van der Waals surface area contributed by atoms with Gasteiger partial charge in [0.25, 0.3) is 5.91 Å². The van der Waals surface area contributed by atoms with E-state index >= 15 is 0 Å². The number of sulfone groups is 1. The van der Waals surface area contributed by atoms with Crippen molar-refractivity contribution in [1.82, 2.24) is 25.0 Å². The average Bonchev–Trinajstić information content (AvgIpc) is 3.53. The van der Waals surface area contributed by atoms with Crippen LogP contribution in [0.4, 0.5) is 9.93 Å². The minimum atomic E-state index is -3.48. The Balaban J connectivity index is 1.30. The van der Waals surface area contributed by atoms with Gasteiger partial charge >= 0.3 is 6.03 Å². The summed E-state index contributed by atoms with van der Waals surface area (Å²) in [6.45, 7) is 3.33. The Morgan fingerprint density at radius 1 is 1.16 bits per heavy atom. The molecule has 1 saturated heterocycles. The average molecular weight is 573 g/mol. The number of imide groups is 1. The van der Waals surface area contributed by atoms with E-state index in [0.717, 1.165) is 30.0 Å². The van der Waals surface area contributed by atoms with Gasteiger partial charge in [-0.25, -0.2) is 22.9 Å². The topological polar surface area (TPSA) is 126 Å². The summed E-state index contributed by atoms with van der Waals surface area (Å²) in [5, 5.41) is 8.97. The number of fused-ring (bicyclic) bond motifs is 1. The normalized spacial score (nSPS) is 15.0. The number of carbonyl (C=O) groups is 2. The van der Waals surface area contributed by atoms with Crippen molar-refractivity contribution in [2.45, 2.75) is 29.9 Å². The molecule has 198 valence electrons. The van der Waals surface area contributed by atoms with E-state index in [4.69, 9.17) is 11.6 Å². The number of benzene rings is 2. The van der Waals surface area contributed by atoms with E-state index in [1.54, 1.807) is 47.4 Å². The van der Waals surface area contributed by atoms with Gasteiger partial charge in [-0.15, -0.1) is 0 Å². The number of urea groups is 1. The van der Waals surface area contributed by atoms with E-state index in [1.807, 2.05) is 14.0 Å². The number of likely N-dealkylation sites (tertiary alicyclic amines) is 1. The summed E-state index contributed by atoms with van der Waals surface area (Å²) in [6.07, 6.45) is 4.49. The van der Waals surface area contributed by atoms with Crippen molar-refractivity contribution in [2.75, 3.05) is 25.5 Å². The van der Waals surface area contributed by atoms with Crippen LogP contribution in [-0.2, 0) is 9.84 Å². The number of rotatable bonds is 5. The number of nitrogens with zero attached hydrogens (tertiary/aromatic N) is 4. The van der Waals surface area contributed by atoms with Gasteiger partial charge in [0, 0.05) is 12.4 Å². The maximum absolute atomic E-state index is 13.2. The van der Waals surface area contributed by atoms with Crippen LogP contribution in [-0.4, -0.2) is 65.4 Å². The summed E-state index contributed by atoms with van der Waals surface area (Å²) in [4.78, 5) is 32.1. The van der Waals surface area contributed by atoms with Gasteiger partial charge in [-0.2, -0.15) is 5.10 Å². The van der Waals surface area contributed by atoms with Crippen molar-refractivity contribution in [3.05, 3.63) is 64.9 Å². The molecule has 2 aromatic carbocycles. The fourth-order valence-electron chi connectivity index (χ4n) is 4.44. The van der Waals surface area contributed by atoms with Crippen LogP contribution in [0.1, 0.15) is 28.8 Å². The Bertz CT molecular complexity index is 1630. The van der Waals surface area contributed by atoms with E-state index in [9.17, 15) is 18.0 Å². The molecule has 1 fully saturated rings. The molecular formula is C25H25ClN6O4S2. The molecule has 3 amide bonds. The van der Waals surface area contributed by atoms with Crippen LogP contribution in [0.25, 0.3) is 15.9 Å². The summed E-state index contributed by atoms with van der Waals surface area (Å²) in [7, 11) is -1.49. The van der Waals surface area contributed by atoms with Crippen LogP contribution in [0.5, 0.6) is 0 Å². The van der Waals surface area contributed by atoms with Crippen molar-refractivity contribution in [3.63, 3.8) is 0 Å². The molecule has 3 heterocycles. The first-order valence-corrected chi connectivity index (χ1v) is 14.6. The number of halogens is 1. The van der Waals surface area contributed by atoms with E-state index < -0.39 is 27.0 Å². The molecule has 0 saturated carbocycles. The fraction of sp³-hybridized carbons (Fsp3) is 0.280. The number of anilines is 1. The molecule has 0 aliphatic carbocycles. The van der Waals surface area contributed by atoms with E-state index in [-0.39, 0.29) is 20.6 Å². The highest BCUT2D eigenvalue weighted by molar-refractivity contribution is 7.92. The van der Waals surface area contributed by atoms with Crippen molar-refractivity contribution in [3.8, 4) is 5.69 Å². The van der Waals surface area contributed by atoms with Crippen molar-refractivity contribution < 1.29 is 18.0 Å². The standard InChI is InChI=1S/C25H25ClN6O4S2/c1-15-4-6-18(21(26)22(15)32-11-3-10-27-32)23(33)29-24(34)30-25-28-19-7-5-17(14-20(19)37-25)38(35,36)16-8-12-31(2)13-9-16/h3-7,10-11,14,16H,8-9,12-13H2,1-2H3,(H2,28,29,30,33,34). The molecule has 2 N–H and O–H groups in total. The molecule has 0 unspecified atom stereocenters. The number of nitrogens with one attached hydrogen (secondary N) is 2. The number of hydrogen-bond donors (Lipinski definition) is 2. The Morgan fingerprint density at radius 3 is 2.63 bits per heavy atom. The summed E-state index contributed by atoms with van der Waals surface area (Å²) < 4.78 is 28.5. The van der Waals surface area contributed by atoms with Crippen molar-refractivity contribution >= 4 is 60.1 Å². The van der Waals surface area contributed by atoms with Gasteiger partial charge in [-0.3, -0.25) is 15.4 Å². The van der Waals surface area contributed by atoms with Gasteiger partial charge in [0.2, 0.25) is 0 Å². The molecule has 38 heavy (non-hydrogen) atoms. The Labute approximate surface area is 228 Å². The first-order chi connectivity index (χ1) is 18.1. The predicted molar refractivity (Wildman–Crippen MR) is 147 cm³/mol. The molecule has 1 aliphatic rings. The summed E-state index contributed by atoms with van der Waals surface area (Å²) in [5.41, 5.74) is 2.02. The van der Waals surface area contributed by atoms with Gasteiger partial charge in [-0.05, 0) is 75.8 Å². The fourth-order valence-corrected chi connectivity index (χ4v) is 7.56. The number of carbonyl (C=O) groups excluding carboxylic acids is 2. The number of hydrogen-bond acceptors (Lipinski definition) is 8. The lowest BCUT2D eigenvalue weighted by molar-refractivity contribution is 0.0967. The third kappa shape index (κ3) is 5.17. The highest BCUT2D eigenvalue weighted by Crippen LogP contribution is 2.31. The second-order valence-electron chi connectivity index (χ2n) is 9.15. The molecule has 13 heteroatoms. The third-order valence-corrected chi connectivity index (χ3v) is 10.1. The monoisotopic (exact) mass is 572 g/mol. The first-order valence-electron chi connectivity index (χ1n) is 11.9. The van der Waals surface area contributed by atoms with E-state index in [2.05, 4.69) is 25.6 Å². The zero-order chi connectivity index (χ0) is 27.0. The third-order valence-electron chi connectivity index (χ3n) is 6.54. The minimum absolute atomic E-state index is 0.117. The summed E-state index contributed by atoms with van der Waals surface area (Å²) in [5.74, 6) is -0.687. The van der Waals surface area contributed by atoms with Crippen molar-refractivity contribution in [2.24, 2.45) is 0 Å². The number of amides is 3. The maximum Gasteiger partial charge on any atom is 0.327 e. The second kappa shape index (κ2) is 10.4. The maximum atomic E-state index is 13.2. The zero-order valence-electron chi connectivity index (χ0n) is 20.6. The number of aryl methyl sites for hydroxylation is 1. The molecule has 5 rings (SSSR count). The molecule has 1 aliphatic heterocycles. The minimum Gasteiger partial charge on any atom is -0.306 e. The second-order valence-corrected chi connectivity index (χ2v) is 12.8. The molecule has 10 nitrogen and oxygen atoms in total. The van der Waals surface area contributed by atoms with Crippen LogP contribution in [0.2, 0.25) is 5.02 Å². The highest BCUT2D eigenvalue weighted by Gasteiger charge is 2.30. The van der Waals surface area contributed by atoms with Crippen LogP contribution in [0.15, 0.2) is 53.7 Å². The predicted octanol–water partition coefficient (Wildman–Crippen LogP) is 4.27. The zero-order valence-corrected chi connectivity index (χ0v) is 23.0. The molecular weight excluding hydrogens is 548 g/mol. The van der Waals surface area contributed by atoms with Gasteiger partial charge in [0.1, 0.15) is 0 Å². The highest BCUT2D eigenvalue weighted by atomic mass is 35.5. The van der Waals surface area contributed by atoms with Gasteiger partial charge in [-0.1, -0.05) is 29.0 Å². The molecule has 0 spiro atoms. The Morgan fingerprint density at radius 2 is 1.92 bits per heavy atom. The quantitative estimate of drug-likeness (QED) is 0.365. The largest absolute Gasteiger partial charge is 0.327 e. The van der Waals surface area contributed by atoms with Crippen LogP contribution >= 0.6 is 22.9 Å². The SMILES string of the molecule is Cc1ccc(C(=O)NC(=O)Nc2nc3ccc(S(=O)(=O)C4CCN(C)CC4)cc3s2)c(Cl)c1-n1cccn1. The van der Waals surface area contributed by atoms with Gasteiger partial charge in [0.05, 0.1) is 36.6 Å². The summed E-state index contributed by atoms with van der Waals surface area (Å²) >= 11 is 7.62. The van der Waals surface area contributed by atoms with Gasteiger partial charge < -0.3 is 4.90 Å². The molecule has 2 aromatic heterocycles. The first kappa shape index (κ1) is 26.3. The smallest absolute Gasteiger partial charge is 0.306 e. The number of aromatic nitrogens is 3. The van der Waals surface area contributed by atoms with Crippen LogP contribution < -0.4 is 10.6 Å². The molecule has 0 atom stereocenters. The number of piperidine rings is 1. The summed E-state index contributed by atoms with van der Waals surface area (Å²) in [6, 6.07) is 8.99. The Hall–Kier alpha value is -3.32. The number of thiazole rings is 1. The van der Waals surface area contributed by atoms with Crippen LogP contribution in [0, 0.1) is 6.92 Å². The lowest BCUT2D eigenvalue weighted by atomic mass is 10.1. The molecule has 0 bridgehead atoms. The molecule has 4 aromatic rings. The van der Waals surface area contributed by atoms with Crippen LogP contribution in [0.3, 0.4) is 0 Å². The van der Waals surface area contributed by atoms with E-state index in [1.165, 1.54) is 6.07 Å². The Kier molecular flexibility index (Phi) is 7.23. The van der Waals surface area contributed by atoms with Crippen molar-refractivity contribution in [1.29, 1.82) is 0 Å². The van der Waals surface area contributed by atoms with E-state index in [0.29, 0.717) is 28.7 Å². The molecule has 0 radical (unpaired) electrons. The lowest BCUT2D eigenvalue weighted by Gasteiger charge is -2.28. The van der Waals surface area contributed by atoms with Gasteiger partial charge in [0.15, 0.2) is 15.0 Å². The lowest BCUT2D eigenvalue weighted by Crippen LogP contribution is -2.37.